The molecule has 0 atom stereocenters. The van der Waals surface area contributed by atoms with Gasteiger partial charge in [-0.15, -0.1) is 0 Å². The smallest absolute Gasteiger partial charge is 0.352 e. The van der Waals surface area contributed by atoms with Gasteiger partial charge < -0.3 is 10.2 Å². The van der Waals surface area contributed by atoms with Crippen molar-refractivity contribution in [2.45, 2.75) is 39.0 Å². The van der Waals surface area contributed by atoms with Crippen molar-refractivity contribution < 1.29 is 13.2 Å². The van der Waals surface area contributed by atoms with Crippen molar-refractivity contribution >= 4 is 5.82 Å². The Kier molecular flexibility index (Phi) is 3.91. The Hall–Kier alpha value is -2.15. The van der Waals surface area contributed by atoms with E-state index in [4.69, 9.17) is 0 Å². The van der Waals surface area contributed by atoms with Crippen LogP contribution in [0.25, 0.3) is 0 Å². The fourth-order valence-electron chi connectivity index (χ4n) is 3.75. The lowest BCUT2D eigenvalue weighted by molar-refractivity contribution is -0.138. The maximum Gasteiger partial charge on any atom is 0.416 e. The first-order valence-corrected chi connectivity index (χ1v) is 8.43. The zero-order valence-corrected chi connectivity index (χ0v) is 14.0. The molecule has 2 aliphatic rings. The molecule has 132 valence electrons. The van der Waals surface area contributed by atoms with Gasteiger partial charge in [-0.2, -0.15) is 13.2 Å². The summed E-state index contributed by atoms with van der Waals surface area (Å²) < 4.78 is 40.2. The average Bonchev–Trinajstić information content (AvgIpc) is 2.59. The first kappa shape index (κ1) is 16.3. The summed E-state index contributed by atoms with van der Waals surface area (Å²) in [6.45, 7) is 4.26. The SMILES string of the molecule is Cc1nc2c(c(N3CCc4cccc(C(F)(F)F)c4C3)n1)CCNC2. The number of alkyl halides is 3. The Morgan fingerprint density at radius 2 is 1.96 bits per heavy atom. The van der Waals surface area contributed by atoms with Crippen LogP contribution < -0.4 is 10.2 Å². The number of aromatic nitrogens is 2. The van der Waals surface area contributed by atoms with E-state index < -0.39 is 11.7 Å². The van der Waals surface area contributed by atoms with Crippen molar-refractivity contribution in [3.63, 3.8) is 0 Å². The van der Waals surface area contributed by atoms with Crippen LogP contribution >= 0.6 is 0 Å². The Morgan fingerprint density at radius 3 is 2.76 bits per heavy atom. The van der Waals surface area contributed by atoms with Crippen LogP contribution in [0, 0.1) is 6.92 Å². The normalized spacial score (nSPS) is 17.2. The number of nitrogens with one attached hydrogen (secondary N) is 1. The molecular weight excluding hydrogens is 329 g/mol. The number of nitrogens with zero attached hydrogens (tertiary/aromatic N) is 3. The summed E-state index contributed by atoms with van der Waals surface area (Å²) in [6, 6.07) is 4.47. The maximum atomic E-state index is 13.4. The summed E-state index contributed by atoms with van der Waals surface area (Å²) >= 11 is 0. The maximum absolute atomic E-state index is 13.4. The lowest BCUT2D eigenvalue weighted by Gasteiger charge is -2.34. The molecule has 0 fully saturated rings. The third kappa shape index (κ3) is 2.97. The van der Waals surface area contributed by atoms with E-state index in [-0.39, 0.29) is 6.54 Å². The fourth-order valence-corrected chi connectivity index (χ4v) is 3.75. The third-order valence-electron chi connectivity index (χ3n) is 4.90. The molecule has 0 bridgehead atoms. The number of fused-ring (bicyclic) bond motifs is 2. The molecule has 0 radical (unpaired) electrons. The van der Waals surface area contributed by atoms with E-state index in [1.165, 1.54) is 12.1 Å². The third-order valence-corrected chi connectivity index (χ3v) is 4.90. The summed E-state index contributed by atoms with van der Waals surface area (Å²) in [5, 5.41) is 3.29. The fraction of sp³-hybridized carbons (Fsp3) is 0.444. The second kappa shape index (κ2) is 5.98. The molecule has 0 saturated heterocycles. The second-order valence-corrected chi connectivity index (χ2v) is 6.56. The Bertz CT molecular complexity index is 817. The molecule has 3 heterocycles. The van der Waals surface area contributed by atoms with Gasteiger partial charge in [0, 0.05) is 25.2 Å². The highest BCUT2D eigenvalue weighted by Crippen LogP contribution is 2.37. The van der Waals surface area contributed by atoms with Crippen molar-refractivity contribution in [2.75, 3.05) is 18.0 Å². The highest BCUT2D eigenvalue weighted by Gasteiger charge is 2.36. The molecule has 25 heavy (non-hydrogen) atoms. The first-order valence-electron chi connectivity index (χ1n) is 8.43. The zero-order valence-electron chi connectivity index (χ0n) is 14.0. The lowest BCUT2D eigenvalue weighted by Crippen LogP contribution is -2.35. The van der Waals surface area contributed by atoms with E-state index in [0.717, 1.165) is 35.6 Å². The molecule has 0 amide bonds. The predicted octanol–water partition coefficient (Wildman–Crippen LogP) is 3.01. The Morgan fingerprint density at radius 1 is 1.12 bits per heavy atom. The van der Waals surface area contributed by atoms with Crippen molar-refractivity contribution in [1.82, 2.24) is 15.3 Å². The van der Waals surface area contributed by atoms with Crippen molar-refractivity contribution in [1.29, 1.82) is 0 Å². The van der Waals surface area contributed by atoms with Gasteiger partial charge in [0.1, 0.15) is 11.6 Å². The van der Waals surface area contributed by atoms with E-state index in [1.54, 1.807) is 6.07 Å². The number of hydrogen-bond acceptors (Lipinski definition) is 4. The number of aryl methyl sites for hydroxylation is 1. The molecule has 0 spiro atoms. The number of benzene rings is 1. The van der Waals surface area contributed by atoms with E-state index in [9.17, 15) is 13.2 Å². The predicted molar refractivity (Wildman–Crippen MR) is 88.4 cm³/mol. The van der Waals surface area contributed by atoms with Gasteiger partial charge in [0.05, 0.1) is 11.3 Å². The summed E-state index contributed by atoms with van der Waals surface area (Å²) in [4.78, 5) is 11.1. The van der Waals surface area contributed by atoms with Crippen LogP contribution in [0.3, 0.4) is 0 Å². The number of halogens is 3. The van der Waals surface area contributed by atoms with Gasteiger partial charge in [0.15, 0.2) is 0 Å². The van der Waals surface area contributed by atoms with Gasteiger partial charge in [-0.05, 0) is 43.5 Å². The molecule has 0 unspecified atom stereocenters. The highest BCUT2D eigenvalue weighted by molar-refractivity contribution is 5.54. The highest BCUT2D eigenvalue weighted by atomic mass is 19.4. The topological polar surface area (TPSA) is 41.1 Å². The van der Waals surface area contributed by atoms with Crippen LogP contribution in [0.2, 0.25) is 0 Å². The van der Waals surface area contributed by atoms with Gasteiger partial charge >= 0.3 is 6.18 Å². The minimum Gasteiger partial charge on any atom is -0.352 e. The van der Waals surface area contributed by atoms with Crippen LogP contribution in [-0.2, 0) is 32.1 Å². The van der Waals surface area contributed by atoms with E-state index >= 15 is 0 Å². The number of rotatable bonds is 1. The molecule has 1 aromatic heterocycles. The molecule has 2 aliphatic heterocycles. The summed E-state index contributed by atoms with van der Waals surface area (Å²) in [6.07, 6.45) is -2.94. The minimum atomic E-state index is -4.33. The molecule has 4 rings (SSSR count). The minimum absolute atomic E-state index is 0.237. The van der Waals surface area contributed by atoms with Gasteiger partial charge in [-0.3, -0.25) is 0 Å². The zero-order chi connectivity index (χ0) is 17.6. The largest absolute Gasteiger partial charge is 0.416 e. The summed E-state index contributed by atoms with van der Waals surface area (Å²) in [5.74, 6) is 1.46. The molecule has 1 N–H and O–H groups in total. The van der Waals surface area contributed by atoms with E-state index in [2.05, 4.69) is 15.3 Å². The summed E-state index contributed by atoms with van der Waals surface area (Å²) in [5.41, 5.74) is 2.66. The molecule has 2 aromatic rings. The average molecular weight is 348 g/mol. The quantitative estimate of drug-likeness (QED) is 0.860. The van der Waals surface area contributed by atoms with Crippen LogP contribution in [0.1, 0.15) is 33.8 Å². The van der Waals surface area contributed by atoms with E-state index in [0.29, 0.717) is 30.9 Å². The molecule has 0 aliphatic carbocycles. The number of anilines is 1. The van der Waals surface area contributed by atoms with Crippen LogP contribution in [0.4, 0.5) is 19.0 Å². The van der Waals surface area contributed by atoms with Crippen molar-refractivity contribution in [3.8, 4) is 0 Å². The van der Waals surface area contributed by atoms with Crippen LogP contribution in [0.5, 0.6) is 0 Å². The standard InChI is InChI=1S/C18H19F3N4/c1-11-23-16-9-22-7-5-13(16)17(24-11)25-8-6-12-3-2-4-15(14(12)10-25)18(19,20)21/h2-4,22H,5-10H2,1H3. The Balaban J connectivity index is 1.76. The molecule has 4 nitrogen and oxygen atoms in total. The molecule has 1 aromatic carbocycles. The van der Waals surface area contributed by atoms with Crippen molar-refractivity contribution in [2.24, 2.45) is 0 Å². The summed E-state index contributed by atoms with van der Waals surface area (Å²) in [7, 11) is 0. The monoisotopic (exact) mass is 348 g/mol. The van der Waals surface area contributed by atoms with Crippen LogP contribution in [-0.4, -0.2) is 23.1 Å². The van der Waals surface area contributed by atoms with Gasteiger partial charge in [0.25, 0.3) is 0 Å². The molecule has 0 saturated carbocycles. The second-order valence-electron chi connectivity index (χ2n) is 6.56. The Labute approximate surface area is 144 Å². The van der Waals surface area contributed by atoms with Crippen LogP contribution in [0.15, 0.2) is 18.2 Å². The van der Waals surface area contributed by atoms with Gasteiger partial charge in [-0.1, -0.05) is 12.1 Å². The first-order chi connectivity index (χ1) is 11.9. The van der Waals surface area contributed by atoms with Crippen molar-refractivity contribution in [3.05, 3.63) is 52.0 Å². The van der Waals surface area contributed by atoms with E-state index in [1.807, 2.05) is 11.8 Å². The lowest BCUT2D eigenvalue weighted by atomic mass is 9.94. The van der Waals surface area contributed by atoms with Gasteiger partial charge in [0.2, 0.25) is 0 Å². The number of hydrogen-bond donors (Lipinski definition) is 1. The molecular formula is C18H19F3N4. The molecule has 7 heteroatoms. The van der Waals surface area contributed by atoms with Gasteiger partial charge in [-0.25, -0.2) is 9.97 Å².